The van der Waals surface area contributed by atoms with Gasteiger partial charge in [0.2, 0.25) is 0 Å². The molecular formula is C24H42O5Si. The molecule has 0 bridgehead atoms. The van der Waals surface area contributed by atoms with Crippen LogP contribution in [0.3, 0.4) is 0 Å². The zero-order valence-electron chi connectivity index (χ0n) is 20.1. The smallest absolute Gasteiger partial charge is 0.192 e. The highest BCUT2D eigenvalue weighted by atomic mass is 28.4. The Hall–Kier alpha value is -1.18. The Bertz CT molecular complexity index is 621. The summed E-state index contributed by atoms with van der Waals surface area (Å²) in [6, 6.07) is 7.88. The number of aliphatic hydroxyl groups is 1. The van der Waals surface area contributed by atoms with Gasteiger partial charge in [-0.15, -0.1) is 0 Å². The molecule has 30 heavy (non-hydrogen) atoms. The molecule has 3 atom stereocenters. The Morgan fingerprint density at radius 3 is 2.23 bits per heavy atom. The van der Waals surface area contributed by atoms with Gasteiger partial charge in [0.05, 0.1) is 32.5 Å². The predicted molar refractivity (Wildman–Crippen MR) is 126 cm³/mol. The van der Waals surface area contributed by atoms with Gasteiger partial charge in [0.15, 0.2) is 8.32 Å². The quantitative estimate of drug-likeness (QED) is 0.261. The fourth-order valence-corrected chi connectivity index (χ4v) is 4.09. The van der Waals surface area contributed by atoms with Crippen LogP contribution in [0.2, 0.25) is 18.1 Å². The lowest BCUT2D eigenvalue weighted by Gasteiger charge is -2.39. The highest BCUT2D eigenvalue weighted by Gasteiger charge is 2.39. The molecule has 0 aromatic heterocycles. The molecule has 0 aliphatic rings. The average Bonchev–Trinajstić information content (AvgIpc) is 2.70. The van der Waals surface area contributed by atoms with E-state index in [1.165, 1.54) is 0 Å². The van der Waals surface area contributed by atoms with Gasteiger partial charge in [0, 0.05) is 26.1 Å². The van der Waals surface area contributed by atoms with Crippen LogP contribution in [-0.2, 0) is 20.5 Å². The zero-order chi connectivity index (χ0) is 22.8. The predicted octanol–water partition coefficient (Wildman–Crippen LogP) is 5.19. The zero-order valence-corrected chi connectivity index (χ0v) is 21.1. The third-order valence-electron chi connectivity index (χ3n) is 5.93. The molecule has 0 aliphatic heterocycles. The van der Waals surface area contributed by atoms with Crippen LogP contribution in [0.15, 0.2) is 36.4 Å². The Kier molecular flexibility index (Phi) is 11.3. The van der Waals surface area contributed by atoms with Crippen molar-refractivity contribution in [3.63, 3.8) is 0 Å². The van der Waals surface area contributed by atoms with Gasteiger partial charge >= 0.3 is 0 Å². The van der Waals surface area contributed by atoms with E-state index >= 15 is 0 Å². The highest BCUT2D eigenvalue weighted by Crippen LogP contribution is 2.38. The van der Waals surface area contributed by atoms with Crippen molar-refractivity contribution in [1.29, 1.82) is 0 Å². The number of benzene rings is 1. The Morgan fingerprint density at radius 2 is 1.73 bits per heavy atom. The van der Waals surface area contributed by atoms with Crippen LogP contribution < -0.4 is 4.74 Å². The SMILES string of the molecule is COc1ccc(COC/C=C/[C@@H](C[C@@H](OC)[C@@H](C)CO)O[Si](C)(C)C(C)(C)C)cc1. The molecule has 6 heteroatoms. The molecule has 0 amide bonds. The number of hydrogen-bond acceptors (Lipinski definition) is 5. The summed E-state index contributed by atoms with van der Waals surface area (Å²) in [5.74, 6) is 0.898. The van der Waals surface area contributed by atoms with Crippen LogP contribution in [0.25, 0.3) is 0 Å². The summed E-state index contributed by atoms with van der Waals surface area (Å²) in [6.45, 7) is 14.4. The van der Waals surface area contributed by atoms with E-state index in [1.54, 1.807) is 14.2 Å². The summed E-state index contributed by atoms with van der Waals surface area (Å²) in [4.78, 5) is 0. The molecule has 1 N–H and O–H groups in total. The summed E-state index contributed by atoms with van der Waals surface area (Å²) in [6.07, 6.45) is 4.69. The number of methoxy groups -OCH3 is 2. The normalized spacial score (nSPS) is 15.9. The number of hydrogen-bond donors (Lipinski definition) is 1. The lowest BCUT2D eigenvalue weighted by atomic mass is 9.99. The number of ether oxygens (including phenoxy) is 3. The largest absolute Gasteiger partial charge is 0.497 e. The summed E-state index contributed by atoms with van der Waals surface area (Å²) >= 11 is 0. The molecule has 1 aromatic carbocycles. The van der Waals surface area contributed by atoms with E-state index < -0.39 is 8.32 Å². The number of rotatable bonds is 13. The van der Waals surface area contributed by atoms with E-state index in [-0.39, 0.29) is 29.8 Å². The van der Waals surface area contributed by atoms with Crippen LogP contribution in [0, 0.1) is 5.92 Å². The molecule has 0 radical (unpaired) electrons. The van der Waals surface area contributed by atoms with Crippen molar-refractivity contribution >= 4 is 8.32 Å². The molecule has 1 aromatic rings. The van der Waals surface area contributed by atoms with Gasteiger partial charge in [0.25, 0.3) is 0 Å². The summed E-state index contributed by atoms with van der Waals surface area (Å²) in [5, 5.41) is 9.66. The van der Waals surface area contributed by atoms with Gasteiger partial charge in [-0.25, -0.2) is 0 Å². The van der Waals surface area contributed by atoms with Crippen molar-refractivity contribution < 1.29 is 23.7 Å². The van der Waals surface area contributed by atoms with Crippen LogP contribution in [0.1, 0.15) is 39.7 Å². The highest BCUT2D eigenvalue weighted by molar-refractivity contribution is 6.74. The second-order valence-electron chi connectivity index (χ2n) is 9.38. The molecule has 0 saturated heterocycles. The first-order chi connectivity index (χ1) is 14.0. The Balaban J connectivity index is 2.72. The summed E-state index contributed by atoms with van der Waals surface area (Å²) < 4.78 is 23.3. The van der Waals surface area contributed by atoms with E-state index in [9.17, 15) is 5.11 Å². The van der Waals surface area contributed by atoms with Gasteiger partial charge in [-0.05, 0) is 35.8 Å². The molecular weight excluding hydrogens is 396 g/mol. The molecule has 0 saturated carbocycles. The van der Waals surface area contributed by atoms with Gasteiger partial charge in [-0.2, -0.15) is 0 Å². The fraction of sp³-hybridized carbons (Fsp3) is 0.667. The topological polar surface area (TPSA) is 57.2 Å². The first kappa shape index (κ1) is 26.9. The van der Waals surface area contributed by atoms with Gasteiger partial charge < -0.3 is 23.7 Å². The molecule has 0 fully saturated rings. The Morgan fingerprint density at radius 1 is 1.10 bits per heavy atom. The summed E-state index contributed by atoms with van der Waals surface area (Å²) in [7, 11) is 1.41. The number of aliphatic hydroxyl groups excluding tert-OH is 1. The van der Waals surface area contributed by atoms with Crippen molar-refractivity contribution in [2.75, 3.05) is 27.4 Å². The van der Waals surface area contributed by atoms with E-state index in [1.807, 2.05) is 37.3 Å². The van der Waals surface area contributed by atoms with E-state index in [0.717, 1.165) is 11.3 Å². The molecule has 1 rings (SSSR count). The molecule has 0 spiro atoms. The summed E-state index contributed by atoms with van der Waals surface area (Å²) in [5.41, 5.74) is 1.11. The van der Waals surface area contributed by atoms with Crippen LogP contribution in [0.4, 0.5) is 0 Å². The molecule has 5 nitrogen and oxygen atoms in total. The minimum atomic E-state index is -1.94. The lowest BCUT2D eigenvalue weighted by Crippen LogP contribution is -2.44. The maximum Gasteiger partial charge on any atom is 0.192 e. The molecule has 0 unspecified atom stereocenters. The standard InChI is InChI=1S/C24H42O5Si/c1-19(17-25)23(27-6)16-22(29-30(7,8)24(2,3)4)10-9-15-28-18-20-11-13-21(26-5)14-12-20/h9-14,19,22-23,25H,15-18H2,1-8H3/b10-9+/t19-,22-,23+/m0/s1. The average molecular weight is 439 g/mol. The van der Waals surface area contributed by atoms with Crippen molar-refractivity contribution in [2.24, 2.45) is 5.92 Å². The first-order valence-corrected chi connectivity index (χ1v) is 13.6. The lowest BCUT2D eigenvalue weighted by molar-refractivity contribution is 0.00826. The van der Waals surface area contributed by atoms with Gasteiger partial charge in [-0.3, -0.25) is 0 Å². The third-order valence-corrected chi connectivity index (χ3v) is 10.4. The van der Waals surface area contributed by atoms with Crippen molar-refractivity contribution in [2.45, 2.75) is 71.1 Å². The minimum Gasteiger partial charge on any atom is -0.497 e. The van der Waals surface area contributed by atoms with E-state index in [4.69, 9.17) is 18.6 Å². The first-order valence-electron chi connectivity index (χ1n) is 10.7. The van der Waals surface area contributed by atoms with Crippen LogP contribution in [-0.4, -0.2) is 53.1 Å². The molecule has 0 heterocycles. The van der Waals surface area contributed by atoms with Crippen molar-refractivity contribution in [3.05, 3.63) is 42.0 Å². The van der Waals surface area contributed by atoms with Gasteiger partial charge in [-0.1, -0.05) is 52.0 Å². The minimum absolute atomic E-state index is 0.0558. The second-order valence-corrected chi connectivity index (χ2v) is 14.1. The Labute approximate surface area is 184 Å². The van der Waals surface area contributed by atoms with Crippen LogP contribution in [0.5, 0.6) is 5.75 Å². The van der Waals surface area contributed by atoms with E-state index in [2.05, 4.69) is 39.9 Å². The maximum absolute atomic E-state index is 9.54. The monoisotopic (exact) mass is 438 g/mol. The molecule has 0 aliphatic carbocycles. The second kappa shape index (κ2) is 12.6. The fourth-order valence-electron chi connectivity index (χ4n) is 2.80. The van der Waals surface area contributed by atoms with Gasteiger partial charge in [0.1, 0.15) is 5.75 Å². The van der Waals surface area contributed by atoms with E-state index in [0.29, 0.717) is 19.6 Å². The maximum atomic E-state index is 9.54. The molecule has 172 valence electrons. The third kappa shape index (κ3) is 8.90. The van der Waals surface area contributed by atoms with Crippen molar-refractivity contribution in [1.82, 2.24) is 0 Å². The van der Waals surface area contributed by atoms with Crippen LogP contribution >= 0.6 is 0 Å². The van der Waals surface area contributed by atoms with Crippen molar-refractivity contribution in [3.8, 4) is 5.75 Å².